The van der Waals surface area contributed by atoms with Crippen LogP contribution in [-0.4, -0.2) is 51.8 Å². The molecule has 3 aromatic rings. The van der Waals surface area contributed by atoms with Crippen molar-refractivity contribution < 1.29 is 39.6 Å². The van der Waals surface area contributed by atoms with Crippen molar-refractivity contribution in [1.29, 1.82) is 0 Å². The van der Waals surface area contributed by atoms with Gasteiger partial charge in [0.05, 0.1) is 28.9 Å². The van der Waals surface area contributed by atoms with Gasteiger partial charge in [0.1, 0.15) is 18.0 Å². The Kier molecular flexibility index (Phi) is 7.53. The third kappa shape index (κ3) is 5.77. The smallest absolute Gasteiger partial charge is 0.349 e. The lowest BCUT2D eigenvalue weighted by Crippen LogP contribution is -2.48. The van der Waals surface area contributed by atoms with Crippen LogP contribution in [0.15, 0.2) is 47.6 Å². The molecule has 1 N–H and O–H groups in total. The van der Waals surface area contributed by atoms with Crippen LogP contribution in [0.4, 0.5) is 26.3 Å². The fourth-order valence-electron chi connectivity index (χ4n) is 4.74. The number of benzene rings is 1. The molecule has 218 valence electrons. The Hall–Kier alpha value is -3.59. The molecule has 2 aromatic heterocycles. The Morgan fingerprint density at radius 3 is 2.32 bits per heavy atom. The number of nitrogens with zero attached hydrogens (tertiary/aromatic N) is 4. The molecule has 0 bridgehead atoms. The maximum atomic E-state index is 15.3. The number of pyridine rings is 1. The summed E-state index contributed by atoms with van der Waals surface area (Å²) in [5, 5.41) is 2.52. The summed E-state index contributed by atoms with van der Waals surface area (Å²) in [6.45, 7) is 1.01. The van der Waals surface area contributed by atoms with Crippen LogP contribution in [-0.2, 0) is 27.5 Å². The van der Waals surface area contributed by atoms with Crippen LogP contribution in [0.3, 0.4) is 0 Å². The first-order valence-corrected chi connectivity index (χ1v) is 14.0. The van der Waals surface area contributed by atoms with Crippen LogP contribution >= 0.6 is 0 Å². The van der Waals surface area contributed by atoms with E-state index >= 15 is 4.39 Å². The molecular formula is C26H23F6N5O3S. The average molecular weight is 600 g/mol. The highest BCUT2D eigenvalue weighted by molar-refractivity contribution is 7.89. The van der Waals surface area contributed by atoms with Gasteiger partial charge >= 0.3 is 6.18 Å². The van der Waals surface area contributed by atoms with Gasteiger partial charge in [0.2, 0.25) is 21.8 Å². The first kappa shape index (κ1) is 28.9. The maximum Gasteiger partial charge on any atom is 0.451 e. The fraction of sp³-hybridized carbons (Fsp3) is 0.385. The number of alkyl halides is 4. The van der Waals surface area contributed by atoms with Gasteiger partial charge in [-0.1, -0.05) is 0 Å². The Bertz CT molecular complexity index is 1560. The first-order valence-electron chi connectivity index (χ1n) is 12.6. The zero-order valence-corrected chi connectivity index (χ0v) is 22.2. The van der Waals surface area contributed by atoms with Crippen LogP contribution in [0.5, 0.6) is 0 Å². The van der Waals surface area contributed by atoms with Gasteiger partial charge < -0.3 is 5.32 Å². The molecule has 3 unspecified atom stereocenters. The number of carbonyl (C=O) groups is 1. The Labute approximate surface area is 230 Å². The number of amides is 1. The predicted molar refractivity (Wildman–Crippen MR) is 132 cm³/mol. The summed E-state index contributed by atoms with van der Waals surface area (Å²) < 4.78 is 109. The van der Waals surface area contributed by atoms with Crippen molar-refractivity contribution in [3.8, 4) is 11.1 Å². The van der Waals surface area contributed by atoms with Gasteiger partial charge in [-0.3, -0.25) is 9.78 Å². The molecule has 1 amide bonds. The number of hydrogen-bond acceptors (Lipinski definition) is 6. The number of sulfonamides is 1. The SMILES string of the molecule is CC1C(F)CC(C(=O)NCc2cc(-c3cnc(C(F)(F)F)nc3)c(F)c(C3CC3)n2)N1S(=O)(=O)c1ccc(F)cc1. The number of aromatic nitrogens is 3. The zero-order chi connectivity index (χ0) is 29.7. The van der Waals surface area contributed by atoms with E-state index in [1.165, 1.54) is 13.0 Å². The minimum atomic E-state index is -4.78. The lowest BCUT2D eigenvalue weighted by Gasteiger charge is -2.27. The van der Waals surface area contributed by atoms with Gasteiger partial charge in [-0.2, -0.15) is 17.5 Å². The van der Waals surface area contributed by atoms with Gasteiger partial charge in [0, 0.05) is 35.9 Å². The minimum Gasteiger partial charge on any atom is -0.349 e. The van der Waals surface area contributed by atoms with Gasteiger partial charge in [-0.25, -0.2) is 31.6 Å². The second kappa shape index (κ2) is 10.7. The summed E-state index contributed by atoms with van der Waals surface area (Å²) in [5.74, 6) is -3.84. The van der Waals surface area contributed by atoms with Crippen molar-refractivity contribution in [2.24, 2.45) is 0 Å². The van der Waals surface area contributed by atoms with E-state index in [-0.39, 0.29) is 39.9 Å². The molecule has 1 aliphatic carbocycles. The van der Waals surface area contributed by atoms with Gasteiger partial charge in [0.25, 0.3) is 0 Å². The zero-order valence-electron chi connectivity index (χ0n) is 21.4. The summed E-state index contributed by atoms with van der Waals surface area (Å²) >= 11 is 0. The maximum absolute atomic E-state index is 15.3. The highest BCUT2D eigenvalue weighted by Crippen LogP contribution is 2.42. The van der Waals surface area contributed by atoms with Gasteiger partial charge in [-0.15, -0.1) is 0 Å². The van der Waals surface area contributed by atoms with E-state index in [4.69, 9.17) is 0 Å². The highest BCUT2D eigenvalue weighted by Gasteiger charge is 2.49. The Morgan fingerprint density at radius 1 is 1.10 bits per heavy atom. The summed E-state index contributed by atoms with van der Waals surface area (Å²) in [6.07, 6.45) is -3.88. The second-order valence-corrected chi connectivity index (χ2v) is 11.8. The second-order valence-electron chi connectivity index (χ2n) is 9.94. The van der Waals surface area contributed by atoms with E-state index in [0.717, 1.165) is 41.0 Å². The van der Waals surface area contributed by atoms with E-state index in [1.54, 1.807) is 0 Å². The average Bonchev–Trinajstić information content (AvgIpc) is 3.72. The van der Waals surface area contributed by atoms with Crippen LogP contribution in [0.2, 0.25) is 0 Å². The summed E-state index contributed by atoms with van der Waals surface area (Å²) in [4.78, 5) is 23.7. The molecular weight excluding hydrogens is 576 g/mol. The van der Waals surface area contributed by atoms with Gasteiger partial charge in [0.15, 0.2) is 5.82 Å². The van der Waals surface area contributed by atoms with Crippen molar-refractivity contribution in [3.63, 3.8) is 0 Å². The van der Waals surface area contributed by atoms with Crippen molar-refractivity contribution in [2.45, 2.75) is 68.0 Å². The van der Waals surface area contributed by atoms with Crippen molar-refractivity contribution in [2.75, 3.05) is 0 Å². The first-order chi connectivity index (χ1) is 19.3. The van der Waals surface area contributed by atoms with E-state index in [9.17, 15) is 35.2 Å². The van der Waals surface area contributed by atoms with Crippen LogP contribution in [0.25, 0.3) is 11.1 Å². The lowest BCUT2D eigenvalue weighted by atomic mass is 10.0. The molecule has 15 heteroatoms. The van der Waals surface area contributed by atoms with Gasteiger partial charge in [-0.05, 0) is 50.1 Å². The number of hydrogen-bond donors (Lipinski definition) is 1. The third-order valence-corrected chi connectivity index (χ3v) is 9.04. The normalized spacial score (nSPS) is 21.7. The molecule has 0 spiro atoms. The third-order valence-electron chi connectivity index (χ3n) is 7.03. The number of rotatable bonds is 7. The summed E-state index contributed by atoms with van der Waals surface area (Å²) in [5.41, 5.74) is 0.0744. The Balaban J connectivity index is 1.40. The van der Waals surface area contributed by atoms with E-state index < -0.39 is 64.2 Å². The van der Waals surface area contributed by atoms with Crippen molar-refractivity contribution in [1.82, 2.24) is 24.6 Å². The molecule has 5 rings (SSSR count). The predicted octanol–water partition coefficient (Wildman–Crippen LogP) is 4.52. The largest absolute Gasteiger partial charge is 0.451 e. The fourth-order valence-corrected chi connectivity index (χ4v) is 6.55. The molecule has 1 aliphatic heterocycles. The molecule has 8 nitrogen and oxygen atoms in total. The number of nitrogens with one attached hydrogen (secondary N) is 1. The molecule has 2 fully saturated rings. The van der Waals surface area contributed by atoms with Crippen LogP contribution in [0, 0.1) is 11.6 Å². The monoisotopic (exact) mass is 599 g/mol. The molecule has 1 aromatic carbocycles. The van der Waals surface area contributed by atoms with Crippen molar-refractivity contribution >= 4 is 15.9 Å². The molecule has 3 atom stereocenters. The topological polar surface area (TPSA) is 105 Å². The van der Waals surface area contributed by atoms with E-state index in [0.29, 0.717) is 12.8 Å². The van der Waals surface area contributed by atoms with E-state index in [1.807, 2.05) is 0 Å². The summed E-state index contributed by atoms with van der Waals surface area (Å²) in [6, 6.07) is 2.53. The van der Waals surface area contributed by atoms with Crippen molar-refractivity contribution in [3.05, 3.63) is 71.6 Å². The quantitative estimate of drug-likeness (QED) is 0.401. The van der Waals surface area contributed by atoms with Crippen LogP contribution < -0.4 is 5.32 Å². The van der Waals surface area contributed by atoms with Crippen LogP contribution in [0.1, 0.15) is 49.3 Å². The highest BCUT2D eigenvalue weighted by atomic mass is 32.2. The molecule has 3 heterocycles. The Morgan fingerprint density at radius 2 is 1.73 bits per heavy atom. The summed E-state index contributed by atoms with van der Waals surface area (Å²) in [7, 11) is -4.38. The molecule has 1 saturated carbocycles. The standard InChI is InChI=1S/C26H23F6N5O3S/c1-13-20(28)9-21(37(13)41(39,40)18-6-4-16(27)5-7-18)24(38)33-12-17-8-19(22(29)23(36-17)14-2-3-14)15-10-34-25(35-11-15)26(30,31)32/h4-8,10-11,13-14,20-21H,2-3,9,12H2,1H3,(H,33,38). The molecule has 41 heavy (non-hydrogen) atoms. The number of halogens is 6. The molecule has 1 saturated heterocycles. The molecule has 2 aliphatic rings. The van der Waals surface area contributed by atoms with E-state index in [2.05, 4.69) is 20.3 Å². The number of carbonyl (C=O) groups excluding carboxylic acids is 1. The minimum absolute atomic E-state index is 0.0335. The molecule has 0 radical (unpaired) electrons. The lowest BCUT2D eigenvalue weighted by molar-refractivity contribution is -0.145.